The normalized spacial score (nSPS) is 13.1. The van der Waals surface area contributed by atoms with E-state index in [1.54, 1.807) is 4.68 Å². The van der Waals surface area contributed by atoms with Gasteiger partial charge in [0.2, 0.25) is 0 Å². The van der Waals surface area contributed by atoms with E-state index in [2.05, 4.69) is 22.6 Å². The number of hydrogen-bond acceptors (Lipinski definition) is 3. The zero-order valence-corrected chi connectivity index (χ0v) is 9.46. The van der Waals surface area contributed by atoms with E-state index in [1.807, 2.05) is 13.2 Å². The zero-order chi connectivity index (χ0) is 10.4. The summed E-state index contributed by atoms with van der Waals surface area (Å²) in [5.41, 5.74) is 0.977. The van der Waals surface area contributed by atoms with E-state index in [1.165, 1.54) is 0 Å². The monoisotopic (exact) mass is 216 g/mol. The molecule has 5 heteroatoms. The Labute approximate surface area is 89.6 Å². The molecule has 1 heterocycles. The molecule has 0 amide bonds. The van der Waals surface area contributed by atoms with Gasteiger partial charge in [-0.15, -0.1) is 16.7 Å². The molecule has 0 saturated carbocycles. The maximum absolute atomic E-state index is 5.61. The molecule has 0 bridgehead atoms. The number of rotatable bonds is 6. The number of alkyl halides is 1. The van der Waals surface area contributed by atoms with Crippen LogP contribution < -0.4 is 5.32 Å². The third kappa shape index (κ3) is 4.07. The predicted octanol–water partition coefficient (Wildman–Crippen LogP) is 1.31. The molecule has 0 aliphatic heterocycles. The number of aryl methyl sites for hydroxylation is 1. The lowest BCUT2D eigenvalue weighted by atomic mass is 10.2. The molecular formula is C9H17ClN4. The highest BCUT2D eigenvalue weighted by Crippen LogP contribution is 1.99. The Kier molecular flexibility index (Phi) is 4.90. The molecular weight excluding hydrogens is 200 g/mol. The van der Waals surface area contributed by atoms with Gasteiger partial charge in [-0.1, -0.05) is 5.21 Å². The molecule has 1 rings (SSSR count). The van der Waals surface area contributed by atoms with Gasteiger partial charge in [-0.25, -0.2) is 0 Å². The molecule has 0 aliphatic rings. The fourth-order valence-corrected chi connectivity index (χ4v) is 1.39. The highest BCUT2D eigenvalue weighted by molar-refractivity contribution is 6.17. The van der Waals surface area contributed by atoms with Crippen LogP contribution in [-0.4, -0.2) is 26.9 Å². The molecule has 1 atom stereocenters. The van der Waals surface area contributed by atoms with Gasteiger partial charge >= 0.3 is 0 Å². The van der Waals surface area contributed by atoms with E-state index in [0.29, 0.717) is 6.04 Å². The van der Waals surface area contributed by atoms with Crippen LogP contribution >= 0.6 is 11.6 Å². The molecule has 1 aromatic rings. The van der Waals surface area contributed by atoms with E-state index < -0.39 is 0 Å². The van der Waals surface area contributed by atoms with Crippen LogP contribution in [0.1, 0.15) is 25.5 Å². The summed E-state index contributed by atoms with van der Waals surface area (Å²) in [6.45, 7) is 2.93. The molecule has 0 aliphatic carbocycles. The van der Waals surface area contributed by atoms with Crippen molar-refractivity contribution in [3.63, 3.8) is 0 Å². The van der Waals surface area contributed by atoms with Crippen LogP contribution in [0.3, 0.4) is 0 Å². The molecule has 1 unspecified atom stereocenters. The average molecular weight is 217 g/mol. The van der Waals surface area contributed by atoms with Crippen molar-refractivity contribution in [1.82, 2.24) is 20.3 Å². The number of hydrogen-bond donors (Lipinski definition) is 1. The largest absolute Gasteiger partial charge is 0.309 e. The fourth-order valence-electron chi connectivity index (χ4n) is 1.24. The van der Waals surface area contributed by atoms with Crippen LogP contribution in [0.4, 0.5) is 0 Å². The van der Waals surface area contributed by atoms with Crippen molar-refractivity contribution in [2.75, 3.05) is 5.88 Å². The molecule has 1 aromatic heterocycles. The van der Waals surface area contributed by atoms with Gasteiger partial charge in [0, 0.05) is 31.7 Å². The third-order valence-electron chi connectivity index (χ3n) is 2.05. The number of nitrogens with one attached hydrogen (secondary N) is 1. The van der Waals surface area contributed by atoms with Gasteiger partial charge < -0.3 is 5.32 Å². The summed E-state index contributed by atoms with van der Waals surface area (Å²) < 4.78 is 1.71. The van der Waals surface area contributed by atoms with Gasteiger partial charge in [0.1, 0.15) is 0 Å². The van der Waals surface area contributed by atoms with Crippen molar-refractivity contribution < 1.29 is 0 Å². The van der Waals surface area contributed by atoms with Crippen molar-refractivity contribution >= 4 is 11.6 Å². The summed E-state index contributed by atoms with van der Waals surface area (Å²) in [4.78, 5) is 0. The molecule has 1 N–H and O–H groups in total. The van der Waals surface area contributed by atoms with Gasteiger partial charge in [-0.2, -0.15) is 0 Å². The zero-order valence-electron chi connectivity index (χ0n) is 8.70. The highest BCUT2D eigenvalue weighted by Gasteiger charge is 2.02. The second-order valence-electron chi connectivity index (χ2n) is 3.50. The maximum atomic E-state index is 5.61. The lowest BCUT2D eigenvalue weighted by Gasteiger charge is -2.10. The Morgan fingerprint density at radius 3 is 3.00 bits per heavy atom. The van der Waals surface area contributed by atoms with Crippen LogP contribution in [0.5, 0.6) is 0 Å². The van der Waals surface area contributed by atoms with E-state index in [9.17, 15) is 0 Å². The van der Waals surface area contributed by atoms with Crippen LogP contribution in [0.25, 0.3) is 0 Å². The van der Waals surface area contributed by atoms with E-state index in [4.69, 9.17) is 11.6 Å². The minimum Gasteiger partial charge on any atom is -0.309 e. The Balaban J connectivity index is 2.20. The summed E-state index contributed by atoms with van der Waals surface area (Å²) in [6.07, 6.45) is 4.07. The van der Waals surface area contributed by atoms with Crippen molar-refractivity contribution in [1.29, 1.82) is 0 Å². The summed E-state index contributed by atoms with van der Waals surface area (Å²) >= 11 is 5.61. The van der Waals surface area contributed by atoms with E-state index in [0.717, 1.165) is 31.0 Å². The summed E-state index contributed by atoms with van der Waals surface area (Å²) in [6, 6.07) is 0.482. The van der Waals surface area contributed by atoms with Gasteiger partial charge in [-0.05, 0) is 19.8 Å². The first kappa shape index (κ1) is 11.5. The van der Waals surface area contributed by atoms with Crippen molar-refractivity contribution in [3.8, 4) is 0 Å². The number of halogens is 1. The Bertz CT molecular complexity index is 261. The van der Waals surface area contributed by atoms with Crippen molar-refractivity contribution in [2.45, 2.75) is 32.4 Å². The smallest absolute Gasteiger partial charge is 0.0964 e. The molecule has 0 spiro atoms. The molecule has 4 nitrogen and oxygen atoms in total. The molecule has 0 saturated heterocycles. The first-order chi connectivity index (χ1) is 6.72. The summed E-state index contributed by atoms with van der Waals surface area (Å²) in [5, 5.41) is 11.2. The van der Waals surface area contributed by atoms with Crippen molar-refractivity contribution in [2.24, 2.45) is 7.05 Å². The first-order valence-corrected chi connectivity index (χ1v) is 5.40. The van der Waals surface area contributed by atoms with E-state index in [-0.39, 0.29) is 0 Å². The van der Waals surface area contributed by atoms with Gasteiger partial charge in [-0.3, -0.25) is 4.68 Å². The summed E-state index contributed by atoms with van der Waals surface area (Å²) in [7, 11) is 1.87. The molecule has 0 radical (unpaired) electrons. The molecule has 14 heavy (non-hydrogen) atoms. The lowest BCUT2D eigenvalue weighted by molar-refractivity contribution is 0.505. The molecule has 0 fully saturated rings. The molecule has 80 valence electrons. The fraction of sp³-hybridized carbons (Fsp3) is 0.778. The van der Waals surface area contributed by atoms with Crippen molar-refractivity contribution in [3.05, 3.63) is 11.9 Å². The summed E-state index contributed by atoms with van der Waals surface area (Å²) in [5.74, 6) is 0.733. The minimum atomic E-state index is 0.482. The SMILES string of the molecule is CC(CCCCl)NCc1cn(C)nn1. The lowest BCUT2D eigenvalue weighted by Crippen LogP contribution is -2.25. The Hall–Kier alpha value is -0.610. The second-order valence-corrected chi connectivity index (χ2v) is 3.87. The highest BCUT2D eigenvalue weighted by atomic mass is 35.5. The molecule has 0 aromatic carbocycles. The topological polar surface area (TPSA) is 42.7 Å². The van der Waals surface area contributed by atoms with Crippen LogP contribution in [0, 0.1) is 0 Å². The average Bonchev–Trinajstić information content (AvgIpc) is 2.58. The standard InChI is InChI=1S/C9H17ClN4/c1-8(4-3-5-10)11-6-9-7-14(2)13-12-9/h7-8,11H,3-6H2,1-2H3. The number of aromatic nitrogens is 3. The van der Waals surface area contributed by atoms with Crippen LogP contribution in [-0.2, 0) is 13.6 Å². The number of nitrogens with zero attached hydrogens (tertiary/aromatic N) is 3. The van der Waals surface area contributed by atoms with Gasteiger partial charge in [0.25, 0.3) is 0 Å². The predicted molar refractivity (Wildman–Crippen MR) is 57.3 cm³/mol. The first-order valence-electron chi connectivity index (χ1n) is 4.87. The van der Waals surface area contributed by atoms with E-state index >= 15 is 0 Å². The maximum Gasteiger partial charge on any atom is 0.0964 e. The van der Waals surface area contributed by atoms with Crippen LogP contribution in [0.15, 0.2) is 6.20 Å². The van der Waals surface area contributed by atoms with Gasteiger partial charge in [0.15, 0.2) is 0 Å². The quantitative estimate of drug-likeness (QED) is 0.730. The third-order valence-corrected chi connectivity index (χ3v) is 2.32. The second kappa shape index (κ2) is 5.98. The Morgan fingerprint density at radius 1 is 1.64 bits per heavy atom. The van der Waals surface area contributed by atoms with Crippen LogP contribution in [0.2, 0.25) is 0 Å². The Morgan fingerprint density at radius 2 is 2.43 bits per heavy atom. The van der Waals surface area contributed by atoms with Gasteiger partial charge in [0.05, 0.1) is 5.69 Å². The minimum absolute atomic E-state index is 0.482.